The second-order valence-electron chi connectivity index (χ2n) is 5.87. The third-order valence-electron chi connectivity index (χ3n) is 4.26. The van der Waals surface area contributed by atoms with Gasteiger partial charge < -0.3 is 10.2 Å². The number of allylic oxidation sites excluding steroid dienone is 2. The molecule has 25 heavy (non-hydrogen) atoms. The SMILES string of the molecule is CN1CC=CC=C1C(=O)NCCN1CC=C(c2cccs2)CC1.Cl.Cl. The zero-order valence-electron chi connectivity index (χ0n) is 14.3. The summed E-state index contributed by atoms with van der Waals surface area (Å²) in [5.74, 6) is 0.0173. The number of amides is 1. The molecule has 138 valence electrons. The summed E-state index contributed by atoms with van der Waals surface area (Å²) in [5.41, 5.74) is 2.20. The lowest BCUT2D eigenvalue weighted by Crippen LogP contribution is -2.40. The van der Waals surface area contributed by atoms with Crippen molar-refractivity contribution in [3.05, 3.63) is 52.4 Å². The molecule has 1 N–H and O–H groups in total. The van der Waals surface area contributed by atoms with Gasteiger partial charge in [0.1, 0.15) is 5.70 Å². The van der Waals surface area contributed by atoms with Gasteiger partial charge in [0, 0.05) is 44.6 Å². The monoisotopic (exact) mass is 401 g/mol. The minimum Gasteiger partial charge on any atom is -0.366 e. The Hall–Kier alpha value is -1.27. The van der Waals surface area contributed by atoms with Crippen LogP contribution >= 0.6 is 36.2 Å². The first-order valence-electron chi connectivity index (χ1n) is 8.05. The van der Waals surface area contributed by atoms with Crippen molar-refractivity contribution in [2.75, 3.05) is 39.8 Å². The number of nitrogens with zero attached hydrogens (tertiary/aromatic N) is 2. The molecule has 0 bridgehead atoms. The number of carbonyl (C=O) groups is 1. The van der Waals surface area contributed by atoms with Gasteiger partial charge in [0.05, 0.1) is 0 Å². The summed E-state index contributed by atoms with van der Waals surface area (Å²) < 4.78 is 0. The van der Waals surface area contributed by atoms with Crippen LogP contribution in [0.5, 0.6) is 0 Å². The molecule has 1 aromatic rings. The van der Waals surface area contributed by atoms with E-state index in [4.69, 9.17) is 0 Å². The number of halogens is 2. The lowest BCUT2D eigenvalue weighted by atomic mass is 10.1. The van der Waals surface area contributed by atoms with Crippen LogP contribution in [-0.2, 0) is 4.79 Å². The van der Waals surface area contributed by atoms with Gasteiger partial charge in [-0.05, 0) is 29.5 Å². The Bertz CT molecular complexity index is 641. The molecule has 2 aliphatic rings. The van der Waals surface area contributed by atoms with Crippen LogP contribution in [0.25, 0.3) is 5.57 Å². The Morgan fingerprint density at radius 2 is 2.16 bits per heavy atom. The Balaban J connectivity index is 0.00000156. The highest BCUT2D eigenvalue weighted by Gasteiger charge is 2.16. The van der Waals surface area contributed by atoms with Crippen molar-refractivity contribution in [1.29, 1.82) is 0 Å². The van der Waals surface area contributed by atoms with Gasteiger partial charge >= 0.3 is 0 Å². The Morgan fingerprint density at radius 3 is 2.80 bits per heavy atom. The highest BCUT2D eigenvalue weighted by molar-refractivity contribution is 7.11. The first-order valence-corrected chi connectivity index (χ1v) is 8.93. The van der Waals surface area contributed by atoms with Crippen LogP contribution in [0.15, 0.2) is 47.5 Å². The first-order chi connectivity index (χ1) is 11.2. The number of rotatable bonds is 5. The van der Waals surface area contributed by atoms with Crippen molar-refractivity contribution in [3.8, 4) is 0 Å². The summed E-state index contributed by atoms with van der Waals surface area (Å²) in [5, 5.41) is 5.15. The van der Waals surface area contributed by atoms with E-state index >= 15 is 0 Å². The number of hydrogen-bond acceptors (Lipinski definition) is 4. The minimum atomic E-state index is 0. The van der Waals surface area contributed by atoms with Crippen LogP contribution in [0.1, 0.15) is 11.3 Å². The third-order valence-corrected chi connectivity index (χ3v) is 5.20. The van der Waals surface area contributed by atoms with E-state index < -0.39 is 0 Å². The number of nitrogens with one attached hydrogen (secondary N) is 1. The molecule has 0 saturated heterocycles. The quantitative estimate of drug-likeness (QED) is 0.822. The van der Waals surface area contributed by atoms with E-state index in [1.54, 1.807) is 0 Å². The number of likely N-dealkylation sites (N-methyl/N-ethyl adjacent to an activating group) is 1. The molecule has 0 atom stereocenters. The van der Waals surface area contributed by atoms with Gasteiger partial charge in [-0.1, -0.05) is 24.3 Å². The van der Waals surface area contributed by atoms with Crippen molar-refractivity contribution < 1.29 is 4.79 Å². The zero-order valence-corrected chi connectivity index (χ0v) is 16.8. The smallest absolute Gasteiger partial charge is 0.267 e. The van der Waals surface area contributed by atoms with Crippen molar-refractivity contribution >= 4 is 47.6 Å². The minimum absolute atomic E-state index is 0. The van der Waals surface area contributed by atoms with Gasteiger partial charge in [-0.15, -0.1) is 36.2 Å². The lowest BCUT2D eigenvalue weighted by Gasteiger charge is -2.27. The summed E-state index contributed by atoms with van der Waals surface area (Å²) in [6.07, 6.45) is 9.26. The molecule has 7 heteroatoms. The summed E-state index contributed by atoms with van der Waals surface area (Å²) >= 11 is 1.81. The molecular weight excluding hydrogens is 377 g/mol. The predicted octanol–water partition coefficient (Wildman–Crippen LogP) is 3.18. The molecule has 3 heterocycles. The van der Waals surface area contributed by atoms with Crippen LogP contribution in [0.4, 0.5) is 0 Å². The fourth-order valence-electron chi connectivity index (χ4n) is 2.87. The molecule has 0 aliphatic carbocycles. The largest absolute Gasteiger partial charge is 0.366 e. The Kier molecular flexibility index (Phi) is 9.28. The average Bonchev–Trinajstić information content (AvgIpc) is 3.10. The molecule has 3 rings (SSSR count). The van der Waals surface area contributed by atoms with Crippen LogP contribution in [0.2, 0.25) is 0 Å². The summed E-state index contributed by atoms with van der Waals surface area (Å²) in [6, 6.07) is 4.30. The van der Waals surface area contributed by atoms with Gasteiger partial charge in [-0.25, -0.2) is 0 Å². The van der Waals surface area contributed by atoms with Crippen molar-refractivity contribution in [1.82, 2.24) is 15.1 Å². The van der Waals surface area contributed by atoms with E-state index in [9.17, 15) is 4.79 Å². The van der Waals surface area contributed by atoms with Crippen molar-refractivity contribution in [3.63, 3.8) is 0 Å². The molecule has 2 aliphatic heterocycles. The van der Waals surface area contributed by atoms with E-state index in [-0.39, 0.29) is 30.7 Å². The normalized spacial score (nSPS) is 17.1. The van der Waals surface area contributed by atoms with Gasteiger partial charge in [-0.3, -0.25) is 9.69 Å². The van der Waals surface area contributed by atoms with Crippen LogP contribution in [-0.4, -0.2) is 55.5 Å². The summed E-state index contributed by atoms with van der Waals surface area (Å²) in [7, 11) is 1.94. The molecule has 0 radical (unpaired) electrons. The van der Waals surface area contributed by atoms with E-state index in [0.29, 0.717) is 6.54 Å². The maximum absolute atomic E-state index is 12.2. The Morgan fingerprint density at radius 1 is 1.32 bits per heavy atom. The summed E-state index contributed by atoms with van der Waals surface area (Å²) in [4.78, 5) is 17.9. The molecule has 4 nitrogen and oxygen atoms in total. The number of carbonyl (C=O) groups excluding carboxylic acids is 1. The molecule has 0 spiro atoms. The van der Waals surface area contributed by atoms with E-state index in [1.807, 2.05) is 41.5 Å². The van der Waals surface area contributed by atoms with Gasteiger partial charge in [0.2, 0.25) is 0 Å². The molecular formula is C18H25Cl2N3OS. The lowest BCUT2D eigenvalue weighted by molar-refractivity contribution is -0.118. The standard InChI is InChI=1S/C18H23N3OS.2ClH/c1-20-10-3-2-5-16(20)18(22)19-9-13-21-11-7-15(8-12-21)17-6-4-14-23-17;;/h2-7,14H,8-13H2,1H3,(H,19,22);2*1H. The van der Waals surface area contributed by atoms with Crippen molar-refractivity contribution in [2.45, 2.75) is 6.42 Å². The third kappa shape index (κ3) is 5.89. The Labute approximate surface area is 166 Å². The average molecular weight is 402 g/mol. The topological polar surface area (TPSA) is 35.6 Å². The van der Waals surface area contributed by atoms with Crippen LogP contribution in [0.3, 0.4) is 0 Å². The zero-order chi connectivity index (χ0) is 16.1. The highest BCUT2D eigenvalue weighted by Crippen LogP contribution is 2.25. The van der Waals surface area contributed by atoms with Gasteiger partial charge in [0.25, 0.3) is 5.91 Å². The molecule has 0 aromatic carbocycles. The van der Waals surface area contributed by atoms with E-state index in [0.717, 1.165) is 38.3 Å². The second kappa shape index (κ2) is 10.7. The van der Waals surface area contributed by atoms with E-state index in [1.165, 1.54) is 10.5 Å². The van der Waals surface area contributed by atoms with Crippen molar-refractivity contribution in [2.24, 2.45) is 0 Å². The molecule has 0 fully saturated rings. The summed E-state index contributed by atoms with van der Waals surface area (Å²) in [6.45, 7) is 4.41. The van der Waals surface area contributed by atoms with Gasteiger partial charge in [0.15, 0.2) is 0 Å². The number of thiophene rings is 1. The fraction of sp³-hybridized carbons (Fsp3) is 0.389. The molecule has 0 unspecified atom stereocenters. The molecule has 1 aromatic heterocycles. The number of hydrogen-bond donors (Lipinski definition) is 1. The van der Waals surface area contributed by atoms with E-state index in [2.05, 4.69) is 33.8 Å². The van der Waals surface area contributed by atoms with Crippen LogP contribution in [0, 0.1) is 0 Å². The molecule has 1 amide bonds. The van der Waals surface area contributed by atoms with Crippen LogP contribution < -0.4 is 5.32 Å². The maximum atomic E-state index is 12.2. The maximum Gasteiger partial charge on any atom is 0.267 e. The second-order valence-corrected chi connectivity index (χ2v) is 6.82. The highest BCUT2D eigenvalue weighted by atomic mass is 35.5. The predicted molar refractivity (Wildman–Crippen MR) is 111 cm³/mol. The molecule has 0 saturated carbocycles. The fourth-order valence-corrected chi connectivity index (χ4v) is 3.67. The first kappa shape index (κ1) is 21.8. The van der Waals surface area contributed by atoms with Gasteiger partial charge in [-0.2, -0.15) is 0 Å².